The Labute approximate surface area is 185 Å². The van der Waals surface area contributed by atoms with E-state index in [1.165, 1.54) is 36.9 Å². The Morgan fingerprint density at radius 3 is 2.42 bits per heavy atom. The summed E-state index contributed by atoms with van der Waals surface area (Å²) in [7, 11) is 0. The second-order valence-electron chi connectivity index (χ2n) is 8.07. The number of hydrogen-bond donors (Lipinski definition) is 0. The van der Waals surface area contributed by atoms with Gasteiger partial charge in [-0.1, -0.05) is 0 Å². The van der Waals surface area contributed by atoms with Gasteiger partial charge in [0.25, 0.3) is 11.8 Å². The summed E-state index contributed by atoms with van der Waals surface area (Å²) in [5.74, 6) is -4.93. The van der Waals surface area contributed by atoms with Crippen molar-refractivity contribution >= 4 is 28.7 Å². The van der Waals surface area contributed by atoms with Crippen LogP contribution in [-0.4, -0.2) is 38.3 Å². The molecule has 172 valence electrons. The molecule has 0 bridgehead atoms. The molecule has 0 radical (unpaired) electrons. The third-order valence-electron chi connectivity index (χ3n) is 4.78. The maximum atomic E-state index is 14.2. The van der Waals surface area contributed by atoms with Gasteiger partial charge in [0.2, 0.25) is 0 Å². The molecule has 1 aliphatic rings. The number of ether oxygens (including phenoxy) is 1. The first-order valence-corrected chi connectivity index (χ1v) is 9.91. The van der Waals surface area contributed by atoms with Gasteiger partial charge in [0.15, 0.2) is 11.6 Å². The van der Waals surface area contributed by atoms with Gasteiger partial charge in [-0.25, -0.2) is 18.0 Å². The molecule has 33 heavy (non-hydrogen) atoms. The highest BCUT2D eigenvalue weighted by molar-refractivity contribution is 6.04. The average Bonchev–Trinajstić information content (AvgIpc) is 3.25. The fourth-order valence-corrected chi connectivity index (χ4v) is 3.30. The highest BCUT2D eigenvalue weighted by atomic mass is 19.1. The lowest BCUT2D eigenvalue weighted by atomic mass is 10.1. The minimum Gasteiger partial charge on any atom is -0.453 e. The van der Waals surface area contributed by atoms with Crippen LogP contribution in [0.2, 0.25) is 0 Å². The van der Waals surface area contributed by atoms with E-state index in [2.05, 4.69) is 5.10 Å². The van der Waals surface area contributed by atoms with Crippen molar-refractivity contribution in [2.75, 3.05) is 0 Å². The number of nitrogens with zero attached hydrogens (tertiary/aromatic N) is 3. The summed E-state index contributed by atoms with van der Waals surface area (Å²) in [5, 5.41) is 4.90. The number of halogens is 3. The highest BCUT2D eigenvalue weighted by Gasteiger charge is 2.34. The minimum absolute atomic E-state index is 0.104. The first-order valence-electron chi connectivity index (χ1n) is 9.91. The molecule has 1 saturated heterocycles. The first kappa shape index (κ1) is 22.3. The van der Waals surface area contributed by atoms with Crippen molar-refractivity contribution < 1.29 is 37.1 Å². The van der Waals surface area contributed by atoms with E-state index in [9.17, 15) is 27.6 Å². The SMILES string of the molecule is CC(C)(F)Cn1ncc2cc(Oc3ccc(F)cc3F)c(C(=O)ON3C(=O)CCC3=O)cc21. The molecule has 1 aromatic heterocycles. The third-order valence-corrected chi connectivity index (χ3v) is 4.78. The summed E-state index contributed by atoms with van der Waals surface area (Å²) in [6.45, 7) is 2.57. The van der Waals surface area contributed by atoms with Crippen molar-refractivity contribution in [3.05, 3.63) is 53.7 Å². The standard InChI is InChI=1S/C22H18F3N3O5/c1-22(2,25)11-27-16-9-14(21(31)33-28-19(29)5-6-20(28)30)18(7-12(16)10-26-27)32-17-4-3-13(23)8-15(17)24/h3-4,7-10H,5-6,11H2,1-2H3. The number of benzene rings is 2. The van der Waals surface area contributed by atoms with E-state index in [0.29, 0.717) is 22.0 Å². The molecular formula is C22H18F3N3O5. The van der Waals surface area contributed by atoms with Gasteiger partial charge < -0.3 is 9.57 Å². The zero-order valence-corrected chi connectivity index (χ0v) is 17.6. The van der Waals surface area contributed by atoms with Crippen LogP contribution in [0.1, 0.15) is 37.0 Å². The van der Waals surface area contributed by atoms with Crippen molar-refractivity contribution in [1.29, 1.82) is 0 Å². The van der Waals surface area contributed by atoms with Gasteiger partial charge in [0.05, 0.1) is 18.3 Å². The summed E-state index contributed by atoms with van der Waals surface area (Å²) in [6.07, 6.45) is 1.19. The summed E-state index contributed by atoms with van der Waals surface area (Å²) in [4.78, 5) is 41.6. The maximum Gasteiger partial charge on any atom is 0.367 e. The lowest BCUT2D eigenvalue weighted by Crippen LogP contribution is -2.32. The van der Waals surface area contributed by atoms with E-state index in [4.69, 9.17) is 9.57 Å². The Bertz CT molecular complexity index is 1270. The first-order chi connectivity index (χ1) is 15.5. The largest absolute Gasteiger partial charge is 0.453 e. The van der Waals surface area contributed by atoms with E-state index in [1.54, 1.807) is 0 Å². The molecule has 0 atom stereocenters. The van der Waals surface area contributed by atoms with Gasteiger partial charge in [-0.3, -0.25) is 14.3 Å². The molecule has 0 unspecified atom stereocenters. The molecule has 2 heterocycles. The van der Waals surface area contributed by atoms with E-state index >= 15 is 0 Å². The monoisotopic (exact) mass is 461 g/mol. The molecule has 2 amide bonds. The Kier molecular flexibility index (Phi) is 5.56. The van der Waals surface area contributed by atoms with Crippen molar-refractivity contribution in [1.82, 2.24) is 14.8 Å². The van der Waals surface area contributed by atoms with Crippen molar-refractivity contribution in [3.8, 4) is 11.5 Å². The minimum atomic E-state index is -1.62. The van der Waals surface area contributed by atoms with Gasteiger partial charge in [-0.2, -0.15) is 5.10 Å². The van der Waals surface area contributed by atoms with Crippen LogP contribution >= 0.6 is 0 Å². The van der Waals surface area contributed by atoms with Gasteiger partial charge in [0.1, 0.15) is 22.8 Å². The lowest BCUT2D eigenvalue weighted by molar-refractivity contribution is -0.172. The zero-order valence-electron chi connectivity index (χ0n) is 17.6. The molecule has 3 aromatic rings. The van der Waals surface area contributed by atoms with Crippen LogP contribution in [0.25, 0.3) is 10.9 Å². The van der Waals surface area contributed by atoms with Crippen LogP contribution in [0.4, 0.5) is 13.2 Å². The van der Waals surface area contributed by atoms with Gasteiger partial charge >= 0.3 is 5.97 Å². The van der Waals surface area contributed by atoms with Gasteiger partial charge in [-0.15, -0.1) is 5.06 Å². The quantitative estimate of drug-likeness (QED) is 0.514. The summed E-state index contributed by atoms with van der Waals surface area (Å²) < 4.78 is 48.5. The molecular weight excluding hydrogens is 443 g/mol. The predicted molar refractivity (Wildman–Crippen MR) is 108 cm³/mol. The van der Waals surface area contributed by atoms with Crippen LogP contribution in [-0.2, 0) is 21.0 Å². The molecule has 2 aromatic carbocycles. The summed E-state index contributed by atoms with van der Waals surface area (Å²) in [5.41, 5.74) is -1.57. The topological polar surface area (TPSA) is 90.7 Å². The maximum absolute atomic E-state index is 14.2. The van der Waals surface area contributed by atoms with Crippen molar-refractivity contribution in [3.63, 3.8) is 0 Å². The summed E-state index contributed by atoms with van der Waals surface area (Å²) in [6, 6.07) is 5.23. The van der Waals surface area contributed by atoms with Crippen LogP contribution in [0.5, 0.6) is 11.5 Å². The average molecular weight is 461 g/mol. The number of carbonyl (C=O) groups excluding carboxylic acids is 3. The van der Waals surface area contributed by atoms with Crippen molar-refractivity contribution in [2.45, 2.75) is 38.9 Å². The van der Waals surface area contributed by atoms with E-state index in [0.717, 1.165) is 12.1 Å². The number of rotatable bonds is 6. The van der Waals surface area contributed by atoms with Gasteiger partial charge in [-0.05, 0) is 38.1 Å². The number of imide groups is 1. The smallest absolute Gasteiger partial charge is 0.367 e. The predicted octanol–water partition coefficient (Wildman–Crippen LogP) is 4.08. The van der Waals surface area contributed by atoms with Gasteiger partial charge in [0, 0.05) is 24.3 Å². The molecule has 1 aliphatic heterocycles. The Balaban J connectivity index is 1.78. The van der Waals surface area contributed by atoms with E-state index in [-0.39, 0.29) is 36.4 Å². The number of fused-ring (bicyclic) bond motifs is 1. The van der Waals surface area contributed by atoms with Crippen molar-refractivity contribution in [2.24, 2.45) is 0 Å². The third kappa shape index (κ3) is 4.66. The van der Waals surface area contributed by atoms with Crippen LogP contribution in [0.3, 0.4) is 0 Å². The molecule has 0 N–H and O–H groups in total. The molecule has 8 nitrogen and oxygen atoms in total. The molecule has 11 heteroatoms. The second-order valence-corrected chi connectivity index (χ2v) is 8.07. The fourth-order valence-electron chi connectivity index (χ4n) is 3.30. The molecule has 0 aliphatic carbocycles. The number of hydroxylamine groups is 2. The zero-order chi connectivity index (χ0) is 23.9. The molecule has 1 fully saturated rings. The van der Waals surface area contributed by atoms with Crippen LogP contribution in [0, 0.1) is 11.6 Å². The fraction of sp³-hybridized carbons (Fsp3) is 0.273. The molecule has 0 saturated carbocycles. The number of hydrogen-bond acceptors (Lipinski definition) is 6. The van der Waals surface area contributed by atoms with Crippen LogP contribution < -0.4 is 4.74 Å². The summed E-state index contributed by atoms with van der Waals surface area (Å²) >= 11 is 0. The second kappa shape index (κ2) is 8.23. The lowest BCUT2D eigenvalue weighted by Gasteiger charge is -2.17. The van der Waals surface area contributed by atoms with Crippen LogP contribution in [0.15, 0.2) is 36.5 Å². The molecule has 0 spiro atoms. The number of alkyl halides is 1. The Hall–Kier alpha value is -3.89. The number of aromatic nitrogens is 2. The molecule has 4 rings (SSSR count). The van der Waals surface area contributed by atoms with E-state index < -0.39 is 35.1 Å². The Morgan fingerprint density at radius 1 is 1.09 bits per heavy atom. The normalized spacial score (nSPS) is 14.3. The number of amides is 2. The Morgan fingerprint density at radius 2 is 1.79 bits per heavy atom. The highest BCUT2D eigenvalue weighted by Crippen LogP contribution is 2.33. The number of carbonyl (C=O) groups is 3. The van der Waals surface area contributed by atoms with E-state index in [1.807, 2.05) is 0 Å².